The number of esters is 1. The van der Waals surface area contributed by atoms with Crippen LogP contribution in [0.25, 0.3) is 0 Å². The molecule has 1 fully saturated rings. The summed E-state index contributed by atoms with van der Waals surface area (Å²) in [4.78, 5) is 11.6. The number of thioether (sulfide) groups is 2. The van der Waals surface area contributed by atoms with Crippen molar-refractivity contribution in [1.29, 1.82) is 0 Å². The van der Waals surface area contributed by atoms with Crippen molar-refractivity contribution in [3.63, 3.8) is 0 Å². The lowest BCUT2D eigenvalue weighted by Gasteiger charge is -2.19. The van der Waals surface area contributed by atoms with Crippen LogP contribution in [0.1, 0.15) is 28.4 Å². The summed E-state index contributed by atoms with van der Waals surface area (Å²) in [6.45, 7) is 2.14. The van der Waals surface area contributed by atoms with Crippen LogP contribution in [0.15, 0.2) is 0 Å². The Bertz CT molecular complexity index is 363. The van der Waals surface area contributed by atoms with E-state index < -0.39 is 0 Å². The molecule has 1 aromatic heterocycles. The predicted octanol–water partition coefficient (Wildman–Crippen LogP) is 1.50. The Labute approximate surface area is 102 Å². The molecule has 2 rings (SSSR count). The minimum Gasteiger partial charge on any atom is -0.461 e. The molecule has 0 radical (unpaired) electrons. The third-order valence-electron chi connectivity index (χ3n) is 2.16. The number of H-pyrrole nitrogens is 1. The highest BCUT2D eigenvalue weighted by molar-refractivity contribution is 8.06. The average Bonchev–Trinajstić information content (AvgIpc) is 2.79. The molecule has 1 aromatic rings. The Morgan fingerprint density at radius 3 is 3.12 bits per heavy atom. The zero-order valence-corrected chi connectivity index (χ0v) is 10.6. The summed E-state index contributed by atoms with van der Waals surface area (Å²) >= 11 is 3.70. The fourth-order valence-electron chi connectivity index (χ4n) is 1.46. The van der Waals surface area contributed by atoms with Crippen molar-refractivity contribution in [2.45, 2.75) is 12.2 Å². The van der Waals surface area contributed by atoms with E-state index in [1.54, 1.807) is 6.92 Å². The molecule has 0 saturated carbocycles. The van der Waals surface area contributed by atoms with Crippen molar-refractivity contribution >= 4 is 29.5 Å². The van der Waals surface area contributed by atoms with Crippen LogP contribution in [0.4, 0.5) is 0 Å². The quantitative estimate of drug-likeness (QED) is 0.830. The average molecular weight is 259 g/mol. The largest absolute Gasteiger partial charge is 0.461 e. The van der Waals surface area contributed by atoms with E-state index in [0.717, 1.165) is 23.0 Å². The van der Waals surface area contributed by atoms with E-state index in [1.165, 1.54) is 0 Å². The topological polar surface area (TPSA) is 67.9 Å². The second kappa shape index (κ2) is 5.58. The number of ether oxygens (including phenoxy) is 1. The monoisotopic (exact) mass is 259 g/mol. The van der Waals surface area contributed by atoms with Gasteiger partial charge in [0.05, 0.1) is 11.9 Å². The molecule has 88 valence electrons. The molecule has 16 heavy (non-hydrogen) atoms. The maximum absolute atomic E-state index is 11.6. The first kappa shape index (κ1) is 11.8. The lowest BCUT2D eigenvalue weighted by atomic mass is 10.2. The first-order valence-electron chi connectivity index (χ1n) is 5.10. The normalized spacial score (nSPS) is 20.7. The number of carbonyl (C=O) groups excluding carboxylic acids is 1. The van der Waals surface area contributed by atoms with Gasteiger partial charge in [-0.25, -0.2) is 4.79 Å². The number of hydrogen-bond acceptors (Lipinski definition) is 6. The molecule has 2 heterocycles. The molecule has 5 nitrogen and oxygen atoms in total. The summed E-state index contributed by atoms with van der Waals surface area (Å²) < 4.78 is 4.94. The summed E-state index contributed by atoms with van der Waals surface area (Å²) in [6.07, 6.45) is 0. The second-order valence-electron chi connectivity index (χ2n) is 3.21. The van der Waals surface area contributed by atoms with Crippen molar-refractivity contribution in [1.82, 2.24) is 15.4 Å². The molecule has 0 aliphatic carbocycles. The van der Waals surface area contributed by atoms with Crippen LogP contribution in [-0.2, 0) is 4.74 Å². The van der Waals surface area contributed by atoms with Gasteiger partial charge in [-0.05, 0) is 6.92 Å². The number of aromatic amines is 1. The van der Waals surface area contributed by atoms with Crippen molar-refractivity contribution < 1.29 is 9.53 Å². The van der Waals surface area contributed by atoms with Crippen molar-refractivity contribution in [3.8, 4) is 0 Å². The third-order valence-corrected chi connectivity index (χ3v) is 4.93. The van der Waals surface area contributed by atoms with Gasteiger partial charge in [-0.15, -0.1) is 5.10 Å². The van der Waals surface area contributed by atoms with Gasteiger partial charge in [0, 0.05) is 17.3 Å². The van der Waals surface area contributed by atoms with Gasteiger partial charge >= 0.3 is 5.97 Å². The molecular formula is C9H13N3O2S2. The lowest BCUT2D eigenvalue weighted by molar-refractivity contribution is 0.0518. The number of carbonyl (C=O) groups is 1. The third kappa shape index (κ3) is 2.52. The molecule has 0 aromatic carbocycles. The summed E-state index contributed by atoms with van der Waals surface area (Å²) in [5, 5.41) is 10.7. The Morgan fingerprint density at radius 2 is 2.44 bits per heavy atom. The first-order chi connectivity index (χ1) is 7.83. The van der Waals surface area contributed by atoms with Crippen LogP contribution in [0.3, 0.4) is 0 Å². The highest BCUT2D eigenvalue weighted by Gasteiger charge is 2.26. The maximum atomic E-state index is 11.6. The number of hydrogen-bond donors (Lipinski definition) is 1. The number of nitrogens with zero attached hydrogens (tertiary/aromatic N) is 2. The molecule has 1 unspecified atom stereocenters. The van der Waals surface area contributed by atoms with Crippen molar-refractivity contribution in [3.05, 3.63) is 11.4 Å². The summed E-state index contributed by atoms with van der Waals surface area (Å²) in [5.74, 6) is 2.84. The van der Waals surface area contributed by atoms with Crippen molar-refractivity contribution in [2.24, 2.45) is 0 Å². The van der Waals surface area contributed by atoms with Crippen LogP contribution in [0.2, 0.25) is 0 Å². The predicted molar refractivity (Wildman–Crippen MR) is 64.9 cm³/mol. The molecule has 1 aliphatic heterocycles. The lowest BCUT2D eigenvalue weighted by Crippen LogP contribution is -2.13. The molecule has 0 bridgehead atoms. The van der Waals surface area contributed by atoms with E-state index in [2.05, 4.69) is 15.4 Å². The van der Waals surface area contributed by atoms with Gasteiger partial charge in [0.15, 0.2) is 5.69 Å². The fraction of sp³-hybridized carbons (Fsp3) is 0.667. The van der Waals surface area contributed by atoms with Crippen LogP contribution >= 0.6 is 23.5 Å². The standard InChI is InChI=1S/C9H13N3O2S2/c1-2-14-9(13)8-7(10-12-11-8)6-5-15-3-4-16-6/h6H,2-5H2,1H3,(H,10,11,12). The van der Waals surface area contributed by atoms with Gasteiger partial charge in [0.2, 0.25) is 0 Å². The number of nitrogens with one attached hydrogen (secondary N) is 1. The van der Waals surface area contributed by atoms with Crippen LogP contribution < -0.4 is 0 Å². The Morgan fingerprint density at radius 1 is 1.56 bits per heavy atom. The van der Waals surface area contributed by atoms with Crippen LogP contribution in [-0.4, -0.2) is 45.2 Å². The second-order valence-corrected chi connectivity index (χ2v) is 5.67. The number of aromatic nitrogens is 3. The molecule has 1 atom stereocenters. The molecular weight excluding hydrogens is 246 g/mol. The Balaban J connectivity index is 2.14. The van der Waals surface area contributed by atoms with E-state index in [9.17, 15) is 4.79 Å². The smallest absolute Gasteiger partial charge is 0.360 e. The van der Waals surface area contributed by atoms with E-state index in [1.807, 2.05) is 23.5 Å². The van der Waals surface area contributed by atoms with E-state index >= 15 is 0 Å². The molecule has 1 aliphatic rings. The van der Waals surface area contributed by atoms with Crippen LogP contribution in [0.5, 0.6) is 0 Å². The zero-order valence-electron chi connectivity index (χ0n) is 8.93. The van der Waals surface area contributed by atoms with Gasteiger partial charge < -0.3 is 4.74 Å². The van der Waals surface area contributed by atoms with Gasteiger partial charge in [-0.1, -0.05) is 0 Å². The summed E-state index contributed by atoms with van der Waals surface area (Å²) in [7, 11) is 0. The SMILES string of the molecule is CCOC(=O)c1n[nH]nc1C1CSCCS1. The summed E-state index contributed by atoms with van der Waals surface area (Å²) in [6, 6.07) is 0. The van der Waals surface area contributed by atoms with Crippen LogP contribution in [0, 0.1) is 0 Å². The van der Waals surface area contributed by atoms with Gasteiger partial charge in [0.1, 0.15) is 5.69 Å². The first-order valence-corrected chi connectivity index (χ1v) is 7.30. The van der Waals surface area contributed by atoms with Crippen molar-refractivity contribution in [2.75, 3.05) is 23.9 Å². The van der Waals surface area contributed by atoms with E-state index in [-0.39, 0.29) is 11.2 Å². The van der Waals surface area contributed by atoms with E-state index in [4.69, 9.17) is 4.74 Å². The highest BCUT2D eigenvalue weighted by atomic mass is 32.2. The zero-order chi connectivity index (χ0) is 11.4. The highest BCUT2D eigenvalue weighted by Crippen LogP contribution is 2.36. The van der Waals surface area contributed by atoms with Gasteiger partial charge in [-0.2, -0.15) is 33.8 Å². The van der Waals surface area contributed by atoms with Gasteiger partial charge in [-0.3, -0.25) is 0 Å². The molecule has 7 heteroatoms. The maximum Gasteiger partial charge on any atom is 0.360 e. The minimum absolute atomic E-state index is 0.247. The Hall–Kier alpha value is -0.690. The van der Waals surface area contributed by atoms with E-state index in [0.29, 0.717) is 12.3 Å². The van der Waals surface area contributed by atoms with Gasteiger partial charge in [0.25, 0.3) is 0 Å². The fourth-order valence-corrected chi connectivity index (χ4v) is 4.13. The molecule has 0 amide bonds. The number of rotatable bonds is 3. The Kier molecular flexibility index (Phi) is 4.11. The molecule has 1 saturated heterocycles. The minimum atomic E-state index is -0.387. The molecule has 0 spiro atoms. The summed E-state index contributed by atoms with van der Waals surface area (Å²) in [5.41, 5.74) is 1.07. The molecule has 1 N–H and O–H groups in total.